The molecule has 0 radical (unpaired) electrons. The van der Waals surface area contributed by atoms with Crippen molar-refractivity contribution < 1.29 is 4.79 Å². The fourth-order valence-corrected chi connectivity index (χ4v) is 3.94. The quantitative estimate of drug-likeness (QED) is 0.537. The molecule has 1 aliphatic heterocycles. The molecule has 0 saturated carbocycles. The van der Waals surface area contributed by atoms with Crippen LogP contribution in [0.5, 0.6) is 0 Å². The van der Waals surface area contributed by atoms with Crippen LogP contribution in [-0.2, 0) is 0 Å². The van der Waals surface area contributed by atoms with Crippen LogP contribution in [0.25, 0.3) is 11.1 Å². The lowest BCUT2D eigenvalue weighted by atomic mass is 10.0. The second kappa shape index (κ2) is 9.01. The molecule has 30 heavy (non-hydrogen) atoms. The van der Waals surface area contributed by atoms with E-state index >= 15 is 0 Å². The van der Waals surface area contributed by atoms with Gasteiger partial charge in [0, 0.05) is 30.4 Å². The van der Waals surface area contributed by atoms with Crippen molar-refractivity contribution in [2.75, 3.05) is 35.6 Å². The molecule has 1 saturated heterocycles. The first kappa shape index (κ1) is 20.0. The van der Waals surface area contributed by atoms with Gasteiger partial charge in [-0.2, -0.15) is 0 Å². The molecule has 3 aromatic carbocycles. The van der Waals surface area contributed by atoms with Crippen LogP contribution in [0.3, 0.4) is 0 Å². The van der Waals surface area contributed by atoms with Crippen LogP contribution in [-0.4, -0.2) is 31.6 Å². The van der Waals surface area contributed by atoms with Crippen molar-refractivity contribution in [1.29, 1.82) is 0 Å². The van der Waals surface area contributed by atoms with Crippen LogP contribution >= 0.6 is 0 Å². The van der Waals surface area contributed by atoms with Crippen LogP contribution < -0.4 is 21.3 Å². The molecule has 154 valence electrons. The monoisotopic (exact) mass is 400 g/mol. The van der Waals surface area contributed by atoms with Gasteiger partial charge >= 0.3 is 0 Å². The number of nitrogens with one attached hydrogen (secondary N) is 2. The molecular weight excluding hydrogens is 372 g/mol. The van der Waals surface area contributed by atoms with E-state index in [4.69, 9.17) is 5.73 Å². The summed E-state index contributed by atoms with van der Waals surface area (Å²) in [5.74, 6) is -0.162. The highest BCUT2D eigenvalue weighted by Crippen LogP contribution is 2.28. The number of carbonyl (C=O) groups excluding carboxylic acids is 1. The van der Waals surface area contributed by atoms with Gasteiger partial charge in [0.1, 0.15) is 0 Å². The van der Waals surface area contributed by atoms with Crippen LogP contribution in [0, 0.1) is 0 Å². The number of nitrogens with zero attached hydrogens (tertiary/aromatic N) is 1. The Bertz CT molecular complexity index is 1000. The Morgan fingerprint density at radius 2 is 1.80 bits per heavy atom. The van der Waals surface area contributed by atoms with Gasteiger partial charge in [-0.1, -0.05) is 43.3 Å². The van der Waals surface area contributed by atoms with E-state index in [1.807, 2.05) is 72.8 Å². The smallest absolute Gasteiger partial charge is 0.255 e. The molecule has 1 amide bonds. The maximum atomic E-state index is 12.8. The first-order chi connectivity index (χ1) is 14.6. The number of nitrogen functional groups attached to an aromatic ring is 1. The number of likely N-dealkylation sites (N-methyl/N-ethyl adjacent to an activating group) is 1. The van der Waals surface area contributed by atoms with Gasteiger partial charge in [-0.25, -0.2) is 0 Å². The predicted molar refractivity (Wildman–Crippen MR) is 125 cm³/mol. The number of nitrogens with two attached hydrogens (primary N) is 1. The van der Waals surface area contributed by atoms with Gasteiger partial charge in [-0.05, 0) is 60.5 Å². The minimum atomic E-state index is -0.162. The summed E-state index contributed by atoms with van der Waals surface area (Å²) in [5.41, 5.74) is 11.1. The van der Waals surface area contributed by atoms with E-state index in [1.54, 1.807) is 0 Å². The highest BCUT2D eigenvalue weighted by atomic mass is 16.1. The molecule has 1 fully saturated rings. The maximum Gasteiger partial charge on any atom is 0.255 e. The third kappa shape index (κ3) is 4.47. The number of anilines is 3. The Morgan fingerprint density at radius 3 is 2.53 bits per heavy atom. The molecule has 4 rings (SSSR count). The zero-order valence-electron chi connectivity index (χ0n) is 17.3. The molecule has 0 aliphatic carbocycles. The molecule has 0 aromatic heterocycles. The maximum absolute atomic E-state index is 12.8. The number of hydrogen-bond acceptors (Lipinski definition) is 4. The molecule has 1 atom stereocenters. The first-order valence-corrected chi connectivity index (χ1v) is 10.5. The highest BCUT2D eigenvalue weighted by molar-refractivity contribution is 6.06. The summed E-state index contributed by atoms with van der Waals surface area (Å²) in [6.45, 7) is 5.17. The van der Waals surface area contributed by atoms with Crippen molar-refractivity contribution in [1.82, 2.24) is 5.32 Å². The van der Waals surface area contributed by atoms with Crippen molar-refractivity contribution in [3.8, 4) is 11.1 Å². The van der Waals surface area contributed by atoms with Gasteiger partial charge in [0.15, 0.2) is 0 Å². The lowest BCUT2D eigenvalue weighted by Crippen LogP contribution is -2.32. The Balaban J connectivity index is 1.45. The Kier molecular flexibility index (Phi) is 6.00. The summed E-state index contributed by atoms with van der Waals surface area (Å²) in [6, 6.07) is 24.1. The fraction of sp³-hybridized carbons (Fsp3) is 0.240. The third-order valence-corrected chi connectivity index (χ3v) is 5.58. The zero-order valence-corrected chi connectivity index (χ0v) is 17.3. The van der Waals surface area contributed by atoms with Gasteiger partial charge in [0.2, 0.25) is 0 Å². The van der Waals surface area contributed by atoms with E-state index in [1.165, 1.54) is 0 Å². The van der Waals surface area contributed by atoms with Gasteiger partial charge in [-0.3, -0.25) is 4.79 Å². The standard InChI is InChI=1S/C25H28N4O/c1-2-27-21-14-15-29(17-21)22-11-8-19(9-12-22)25(30)28-24-16-20(10-13-23(24)26)18-6-4-3-5-7-18/h3-13,16,21,27H,2,14-15,17,26H2,1H3,(H,28,30)/t21-/m0/s1. The Morgan fingerprint density at radius 1 is 1.03 bits per heavy atom. The van der Waals surface area contributed by atoms with Crippen LogP contribution in [0.15, 0.2) is 72.8 Å². The van der Waals surface area contributed by atoms with Crippen molar-refractivity contribution in [2.24, 2.45) is 0 Å². The van der Waals surface area contributed by atoms with Gasteiger partial charge in [-0.15, -0.1) is 0 Å². The average molecular weight is 401 g/mol. The van der Waals surface area contributed by atoms with Crippen molar-refractivity contribution in [2.45, 2.75) is 19.4 Å². The molecule has 0 bridgehead atoms. The molecule has 3 aromatic rings. The molecule has 5 heteroatoms. The van der Waals surface area contributed by atoms with E-state index in [0.717, 1.165) is 42.9 Å². The third-order valence-electron chi connectivity index (χ3n) is 5.58. The van der Waals surface area contributed by atoms with E-state index < -0.39 is 0 Å². The number of carbonyl (C=O) groups is 1. The molecule has 1 heterocycles. The zero-order chi connectivity index (χ0) is 20.9. The second-order valence-electron chi connectivity index (χ2n) is 7.66. The van der Waals surface area contributed by atoms with Crippen molar-refractivity contribution >= 4 is 23.0 Å². The number of rotatable bonds is 6. The summed E-state index contributed by atoms with van der Waals surface area (Å²) in [6.07, 6.45) is 1.15. The lowest BCUT2D eigenvalue weighted by Gasteiger charge is -2.19. The summed E-state index contributed by atoms with van der Waals surface area (Å²) in [7, 11) is 0. The van der Waals surface area contributed by atoms with Crippen molar-refractivity contribution in [3.63, 3.8) is 0 Å². The SMILES string of the molecule is CCN[C@H]1CCN(c2ccc(C(=O)Nc3cc(-c4ccccc4)ccc3N)cc2)C1. The molecule has 4 N–H and O–H groups in total. The number of hydrogen-bond donors (Lipinski definition) is 3. The van der Waals surface area contributed by atoms with Crippen LogP contribution in [0.4, 0.5) is 17.1 Å². The fourth-order valence-electron chi connectivity index (χ4n) is 3.94. The van der Waals surface area contributed by atoms with Crippen LogP contribution in [0.1, 0.15) is 23.7 Å². The topological polar surface area (TPSA) is 70.4 Å². The molecule has 1 aliphatic rings. The molecule has 0 unspecified atom stereocenters. The lowest BCUT2D eigenvalue weighted by molar-refractivity contribution is 0.102. The van der Waals surface area contributed by atoms with E-state index in [9.17, 15) is 4.79 Å². The van der Waals surface area contributed by atoms with Crippen LogP contribution in [0.2, 0.25) is 0 Å². The first-order valence-electron chi connectivity index (χ1n) is 10.5. The molecule has 0 spiro atoms. The van der Waals surface area contributed by atoms with Gasteiger partial charge in [0.05, 0.1) is 11.4 Å². The summed E-state index contributed by atoms with van der Waals surface area (Å²) in [4.78, 5) is 15.2. The van der Waals surface area contributed by atoms with E-state index in [2.05, 4.69) is 22.5 Å². The summed E-state index contributed by atoms with van der Waals surface area (Å²) < 4.78 is 0. The van der Waals surface area contributed by atoms with Gasteiger partial charge < -0.3 is 21.3 Å². The second-order valence-corrected chi connectivity index (χ2v) is 7.66. The Hall–Kier alpha value is -3.31. The highest BCUT2D eigenvalue weighted by Gasteiger charge is 2.21. The van der Waals surface area contributed by atoms with E-state index in [0.29, 0.717) is 23.0 Å². The summed E-state index contributed by atoms with van der Waals surface area (Å²) >= 11 is 0. The molecular formula is C25H28N4O. The predicted octanol–water partition coefficient (Wildman–Crippen LogP) is 4.38. The number of amides is 1. The molecule has 5 nitrogen and oxygen atoms in total. The summed E-state index contributed by atoms with van der Waals surface area (Å²) in [5, 5.41) is 6.47. The Labute approximate surface area is 177 Å². The van der Waals surface area contributed by atoms with Crippen molar-refractivity contribution in [3.05, 3.63) is 78.4 Å². The normalized spacial score (nSPS) is 15.9. The number of benzene rings is 3. The largest absolute Gasteiger partial charge is 0.397 e. The van der Waals surface area contributed by atoms with Gasteiger partial charge in [0.25, 0.3) is 5.91 Å². The minimum Gasteiger partial charge on any atom is -0.397 e. The van der Waals surface area contributed by atoms with E-state index in [-0.39, 0.29) is 5.91 Å². The average Bonchev–Trinajstić information content (AvgIpc) is 3.25. The minimum absolute atomic E-state index is 0.162.